The first kappa shape index (κ1) is 24.8. The molecule has 0 aliphatic heterocycles. The van der Waals surface area contributed by atoms with Crippen molar-refractivity contribution in [1.29, 1.82) is 0 Å². The van der Waals surface area contributed by atoms with Crippen LogP contribution in [-0.2, 0) is 6.42 Å². The summed E-state index contributed by atoms with van der Waals surface area (Å²) in [5, 5.41) is 2.52. The Labute approximate surface area is 253 Å². The highest BCUT2D eigenvalue weighted by Gasteiger charge is 2.34. The highest BCUT2D eigenvalue weighted by atomic mass is 15.0. The van der Waals surface area contributed by atoms with Crippen molar-refractivity contribution in [3.8, 4) is 22.3 Å². The lowest BCUT2D eigenvalue weighted by Gasteiger charge is -2.35. The Bertz CT molecular complexity index is 2050. The predicted octanol–water partition coefficient (Wildman–Crippen LogP) is 10.6. The summed E-state index contributed by atoms with van der Waals surface area (Å²) in [5.74, 6) is 1.39. The van der Waals surface area contributed by atoms with Gasteiger partial charge in [0.05, 0.1) is 11.6 Å². The molecule has 0 radical (unpaired) electrons. The lowest BCUT2D eigenvalue weighted by molar-refractivity contribution is 0.521. The molecule has 1 aromatic heterocycles. The minimum atomic E-state index is 0.166. The maximum atomic E-state index is 3.49. The molecule has 5 aromatic carbocycles. The Morgan fingerprint density at radius 3 is 2.53 bits per heavy atom. The highest BCUT2D eigenvalue weighted by Crippen LogP contribution is 2.50. The second-order valence-corrected chi connectivity index (χ2v) is 12.6. The molecule has 0 N–H and O–H groups in total. The van der Waals surface area contributed by atoms with E-state index in [4.69, 9.17) is 0 Å². The minimum absolute atomic E-state index is 0.166. The van der Waals surface area contributed by atoms with Crippen molar-refractivity contribution < 1.29 is 0 Å². The first-order valence-corrected chi connectivity index (χ1v) is 15.8. The van der Waals surface area contributed by atoms with E-state index in [1.165, 1.54) is 80.1 Å². The second kappa shape index (κ2) is 9.62. The second-order valence-electron chi connectivity index (χ2n) is 12.6. The first-order valence-electron chi connectivity index (χ1n) is 15.8. The van der Waals surface area contributed by atoms with Gasteiger partial charge in [0, 0.05) is 22.6 Å². The standard InChI is InChI=1S/C42H33N/c1-27-32-24-23-31(30-22-21-29-13-10-12-28-11-2-3-14-33(28)38(29)25-30)26-39(32)34-15-4-5-18-37(34)42(27)43-40-19-8-6-16-35(40)36-17-7-9-20-41(36)43/h2-8,11,14-19,21-28,33,42H,10,12-13H2,1H3/t27?,28-,33?,42?/m0/s1. The fraction of sp³-hybridized carbons (Fsp3) is 0.190. The molecule has 3 unspecified atom stereocenters. The fourth-order valence-corrected chi connectivity index (χ4v) is 8.38. The van der Waals surface area contributed by atoms with Crippen LogP contribution >= 0.6 is 0 Å². The van der Waals surface area contributed by atoms with Gasteiger partial charge in [0.25, 0.3) is 0 Å². The van der Waals surface area contributed by atoms with Gasteiger partial charge in [-0.2, -0.15) is 0 Å². The number of allylic oxidation sites excluding steroid dienone is 4. The zero-order valence-electron chi connectivity index (χ0n) is 24.4. The van der Waals surface area contributed by atoms with Crippen LogP contribution in [0.25, 0.3) is 44.1 Å². The van der Waals surface area contributed by atoms with Crippen molar-refractivity contribution in [2.45, 2.75) is 44.1 Å². The summed E-state index contributed by atoms with van der Waals surface area (Å²) in [6, 6.07) is 43.4. The lowest BCUT2D eigenvalue weighted by Crippen LogP contribution is -2.22. The molecule has 1 heteroatoms. The first-order chi connectivity index (χ1) is 21.3. The summed E-state index contributed by atoms with van der Waals surface area (Å²) in [7, 11) is 0. The van der Waals surface area contributed by atoms with Crippen LogP contribution in [0.2, 0.25) is 0 Å². The van der Waals surface area contributed by atoms with Crippen molar-refractivity contribution >= 4 is 21.8 Å². The van der Waals surface area contributed by atoms with E-state index in [1.807, 2.05) is 6.07 Å². The van der Waals surface area contributed by atoms with Crippen LogP contribution < -0.4 is 0 Å². The molecule has 0 fully saturated rings. The SMILES string of the molecule is CC1c2ccc(-c3ccc4c(c3)C3C=CC=C[C@H]3CCC4)cc2-c2ccccc2C1n1c2c#cccc2c2ccccc21. The molecule has 9 rings (SSSR count). The number of benzene rings is 4. The van der Waals surface area contributed by atoms with E-state index >= 15 is 0 Å². The van der Waals surface area contributed by atoms with E-state index in [0.29, 0.717) is 17.8 Å². The maximum Gasteiger partial charge on any atom is 0.101 e. The number of para-hydroxylation sites is 1. The average Bonchev–Trinajstić information content (AvgIpc) is 3.27. The van der Waals surface area contributed by atoms with Crippen LogP contribution in [-0.4, -0.2) is 4.57 Å². The summed E-state index contributed by atoms with van der Waals surface area (Å²) < 4.78 is 2.52. The molecule has 6 aromatic rings. The van der Waals surface area contributed by atoms with Crippen molar-refractivity contribution in [1.82, 2.24) is 4.57 Å². The van der Waals surface area contributed by atoms with Gasteiger partial charge >= 0.3 is 0 Å². The van der Waals surface area contributed by atoms with Gasteiger partial charge in [-0.25, -0.2) is 0 Å². The van der Waals surface area contributed by atoms with Crippen LogP contribution in [0.5, 0.6) is 0 Å². The zero-order chi connectivity index (χ0) is 28.5. The van der Waals surface area contributed by atoms with Crippen molar-refractivity contribution in [3.05, 3.63) is 156 Å². The third kappa shape index (κ3) is 3.73. The van der Waals surface area contributed by atoms with E-state index < -0.39 is 0 Å². The third-order valence-electron chi connectivity index (χ3n) is 10.4. The van der Waals surface area contributed by atoms with E-state index in [-0.39, 0.29) is 6.04 Å². The molecular weight excluding hydrogens is 518 g/mol. The van der Waals surface area contributed by atoms with E-state index in [2.05, 4.69) is 139 Å². The molecule has 0 spiro atoms. The zero-order valence-corrected chi connectivity index (χ0v) is 24.4. The monoisotopic (exact) mass is 551 g/mol. The molecule has 0 saturated carbocycles. The Morgan fingerprint density at radius 1 is 0.721 bits per heavy atom. The largest absolute Gasteiger partial charge is 0.325 e. The molecule has 3 aliphatic rings. The van der Waals surface area contributed by atoms with Crippen molar-refractivity contribution in [2.75, 3.05) is 0 Å². The van der Waals surface area contributed by atoms with Crippen LogP contribution in [0.4, 0.5) is 0 Å². The summed E-state index contributed by atoms with van der Waals surface area (Å²) in [6.45, 7) is 2.40. The van der Waals surface area contributed by atoms with Gasteiger partial charge in [0.2, 0.25) is 0 Å². The molecule has 206 valence electrons. The topological polar surface area (TPSA) is 4.93 Å². The van der Waals surface area contributed by atoms with Gasteiger partial charge in [-0.15, -0.1) is 0 Å². The summed E-state index contributed by atoms with van der Waals surface area (Å²) in [4.78, 5) is 0. The Balaban J connectivity index is 1.19. The van der Waals surface area contributed by atoms with Crippen LogP contribution in [0.15, 0.2) is 121 Å². The maximum absolute atomic E-state index is 3.49. The van der Waals surface area contributed by atoms with E-state index in [1.54, 1.807) is 0 Å². The highest BCUT2D eigenvalue weighted by molar-refractivity contribution is 6.07. The summed E-state index contributed by atoms with van der Waals surface area (Å²) in [5.41, 5.74) is 13.5. The third-order valence-corrected chi connectivity index (χ3v) is 10.4. The predicted molar refractivity (Wildman–Crippen MR) is 178 cm³/mol. The number of aryl methyl sites for hydroxylation is 1. The molecule has 0 saturated heterocycles. The molecule has 43 heavy (non-hydrogen) atoms. The number of rotatable bonds is 2. The van der Waals surface area contributed by atoms with Crippen LogP contribution in [0, 0.1) is 18.1 Å². The number of hydrogen-bond donors (Lipinski definition) is 0. The lowest BCUT2D eigenvalue weighted by atomic mass is 9.75. The smallest absolute Gasteiger partial charge is 0.101 e. The summed E-state index contributed by atoms with van der Waals surface area (Å²) >= 11 is 0. The van der Waals surface area contributed by atoms with Crippen molar-refractivity contribution in [3.63, 3.8) is 0 Å². The Kier molecular flexibility index (Phi) is 5.54. The average molecular weight is 552 g/mol. The number of nitrogens with zero attached hydrogens (tertiary/aromatic N) is 1. The molecule has 0 bridgehead atoms. The van der Waals surface area contributed by atoms with Crippen LogP contribution in [0.3, 0.4) is 0 Å². The fourth-order valence-electron chi connectivity index (χ4n) is 8.38. The molecule has 1 nitrogen and oxygen atoms in total. The Morgan fingerprint density at radius 2 is 1.56 bits per heavy atom. The van der Waals surface area contributed by atoms with Crippen LogP contribution in [0.1, 0.15) is 59.9 Å². The van der Waals surface area contributed by atoms with Gasteiger partial charge in [0.15, 0.2) is 0 Å². The number of fused-ring (bicyclic) bond motifs is 9. The normalized spacial score (nSPS) is 21.9. The molecular formula is C42H33N. The van der Waals surface area contributed by atoms with Gasteiger partial charge in [-0.05, 0) is 100 Å². The van der Waals surface area contributed by atoms with Gasteiger partial charge in [0.1, 0.15) is 5.52 Å². The van der Waals surface area contributed by atoms with Crippen molar-refractivity contribution in [2.24, 2.45) is 5.92 Å². The van der Waals surface area contributed by atoms with E-state index in [0.717, 1.165) is 5.52 Å². The molecule has 0 amide bonds. The van der Waals surface area contributed by atoms with Gasteiger partial charge < -0.3 is 4.57 Å². The minimum Gasteiger partial charge on any atom is -0.325 e. The van der Waals surface area contributed by atoms with Gasteiger partial charge in [-0.1, -0.05) is 110 Å². The molecule has 4 atom stereocenters. The van der Waals surface area contributed by atoms with E-state index in [9.17, 15) is 0 Å². The molecule has 1 heterocycles. The number of aromatic nitrogens is 1. The van der Waals surface area contributed by atoms with Gasteiger partial charge in [-0.3, -0.25) is 0 Å². The number of hydrogen-bond acceptors (Lipinski definition) is 0. The Hall–Kier alpha value is -4.80. The quantitative estimate of drug-likeness (QED) is 0.202. The molecule has 3 aliphatic carbocycles. The summed E-state index contributed by atoms with van der Waals surface area (Å²) in [6.07, 6.45) is 13.0.